The lowest BCUT2D eigenvalue weighted by atomic mass is 9.33. The van der Waals surface area contributed by atoms with Crippen LogP contribution >= 0.6 is 0 Å². The number of para-hydroxylation sites is 2. The Morgan fingerprint density at radius 1 is 0.193 bits per heavy atom. The van der Waals surface area contributed by atoms with Gasteiger partial charge in [0.2, 0.25) is 0 Å². The summed E-state index contributed by atoms with van der Waals surface area (Å²) >= 11 is 0. The van der Waals surface area contributed by atoms with Crippen LogP contribution in [0, 0.1) is 0 Å². The van der Waals surface area contributed by atoms with Crippen LogP contribution in [0.2, 0.25) is 0 Å². The summed E-state index contributed by atoms with van der Waals surface area (Å²) in [6.45, 7) is -0.211. The fourth-order valence-corrected chi connectivity index (χ4v) is 28.3. The van der Waals surface area contributed by atoms with E-state index >= 15 is 0 Å². The highest BCUT2D eigenvalue weighted by molar-refractivity contribution is 7.20. The van der Waals surface area contributed by atoms with Gasteiger partial charge in [-0.2, -0.15) is 0 Å². The third-order valence-electron chi connectivity index (χ3n) is 23.4. The van der Waals surface area contributed by atoms with Crippen molar-refractivity contribution in [3.63, 3.8) is 0 Å². The summed E-state index contributed by atoms with van der Waals surface area (Å²) in [5.74, 6) is 0. The van der Waals surface area contributed by atoms with Gasteiger partial charge in [-0.3, -0.25) is 0 Å². The molecule has 3 nitrogen and oxygen atoms in total. The predicted molar refractivity (Wildman–Crippen MR) is 465 cm³/mol. The summed E-state index contributed by atoms with van der Waals surface area (Å²) < 4.78 is 0. The quantitative estimate of drug-likeness (QED) is 0.0748. The van der Waals surface area contributed by atoms with Crippen LogP contribution in [0.5, 0.6) is 0 Å². The first-order valence-electron chi connectivity index (χ1n) is 37.9. The average Bonchev–Trinajstić information content (AvgIpc) is 0.688. The van der Waals surface area contributed by atoms with Gasteiger partial charge < -0.3 is 14.7 Å². The molecule has 17 aromatic rings. The van der Waals surface area contributed by atoms with Crippen LogP contribution in [-0.4, -0.2) is 22.9 Å². The number of fused-ring (bicyclic) bond motifs is 6. The molecule has 512 valence electrons. The minimum Gasteiger partial charge on any atom is -0.311 e. The van der Waals surface area contributed by atoms with Crippen molar-refractivity contribution in [2.24, 2.45) is 0 Å². The maximum absolute atomic E-state index is 2.97. The Labute approximate surface area is 641 Å². The van der Waals surface area contributed by atoms with Crippen molar-refractivity contribution in [3.05, 3.63) is 471 Å². The molecule has 3 heterocycles. The number of benzene rings is 17. The van der Waals surface area contributed by atoms with E-state index in [2.05, 4.69) is 464 Å². The molecule has 0 aromatic heterocycles. The van der Waals surface area contributed by atoms with Gasteiger partial charge in [-0.15, -0.1) is 0 Å². The molecule has 0 bridgehead atoms. The number of hydrogen-bond acceptors (Lipinski definition) is 3. The molecule has 0 saturated carbocycles. The molecule has 17 aromatic carbocycles. The number of nitrogens with zero attached hydrogens (tertiary/aromatic N) is 3. The zero-order chi connectivity index (χ0) is 72.3. The Balaban J connectivity index is 0.890. The van der Waals surface area contributed by atoms with Gasteiger partial charge in [0.15, 0.2) is 16.1 Å². The summed E-state index contributed by atoms with van der Waals surface area (Å²) in [5, 5.41) is 10.6. The van der Waals surface area contributed by atoms with E-state index in [4.69, 9.17) is 0 Å². The lowest BCUT2D eigenvalue weighted by molar-refractivity contribution is 0.731. The van der Waals surface area contributed by atoms with Crippen LogP contribution < -0.4 is 72.6 Å². The minimum atomic E-state index is -2.97. The Hall–Kier alpha value is -13.4. The van der Waals surface area contributed by atoms with E-state index in [0.29, 0.717) is 0 Å². The molecule has 0 saturated heterocycles. The topological polar surface area (TPSA) is 9.72 Å². The maximum Gasteiger partial charge on any atom is 0.252 e. The van der Waals surface area contributed by atoms with E-state index in [1.165, 1.54) is 91.3 Å². The predicted octanol–water partition coefficient (Wildman–Crippen LogP) is 18.0. The fourth-order valence-electron chi connectivity index (χ4n) is 18.8. The highest BCUT2D eigenvalue weighted by Crippen LogP contribution is 2.59. The van der Waals surface area contributed by atoms with E-state index in [1.54, 1.807) is 0 Å². The molecule has 0 atom stereocenters. The molecule has 3 aliphatic rings. The van der Waals surface area contributed by atoms with Crippen LogP contribution in [0.3, 0.4) is 0 Å². The molecule has 0 radical (unpaired) electrons. The van der Waals surface area contributed by atoms with Crippen molar-refractivity contribution in [2.75, 3.05) is 14.7 Å². The van der Waals surface area contributed by atoms with Gasteiger partial charge in [-0.25, -0.2) is 0 Å². The van der Waals surface area contributed by atoms with Crippen molar-refractivity contribution in [1.29, 1.82) is 0 Å². The van der Waals surface area contributed by atoms with E-state index < -0.39 is 21.6 Å². The number of hydrogen-bond donors (Lipinski definition) is 0. The molecular formula is C103H74BN3Si2. The minimum absolute atomic E-state index is 0.211. The average molecular weight is 1420 g/mol. The Kier molecular flexibility index (Phi) is 16.3. The summed E-state index contributed by atoms with van der Waals surface area (Å²) in [4.78, 5) is 7.84. The summed E-state index contributed by atoms with van der Waals surface area (Å²) in [6, 6.07) is 170. The Morgan fingerprint density at radius 3 is 0.881 bits per heavy atom. The Bertz CT molecular complexity index is 5860. The van der Waals surface area contributed by atoms with Gasteiger partial charge in [0.1, 0.15) is 0 Å². The first-order valence-corrected chi connectivity index (χ1v) is 41.9. The second kappa shape index (κ2) is 27.2. The van der Waals surface area contributed by atoms with E-state index in [-0.39, 0.29) is 6.71 Å². The highest BCUT2D eigenvalue weighted by atomic mass is 28.3. The third-order valence-corrected chi connectivity index (χ3v) is 33.0. The van der Waals surface area contributed by atoms with Gasteiger partial charge in [-0.1, -0.05) is 388 Å². The molecule has 0 fully saturated rings. The van der Waals surface area contributed by atoms with E-state index in [1.807, 2.05) is 0 Å². The van der Waals surface area contributed by atoms with Crippen LogP contribution in [-0.2, 0) is 5.41 Å². The second-order valence-electron chi connectivity index (χ2n) is 28.9. The third kappa shape index (κ3) is 10.5. The first-order chi connectivity index (χ1) is 54.1. The molecule has 20 rings (SSSR count). The zero-order valence-corrected chi connectivity index (χ0v) is 62.1. The molecule has 0 N–H and O–H groups in total. The molecule has 0 amide bonds. The van der Waals surface area contributed by atoms with E-state index in [0.717, 1.165) is 62.3 Å². The van der Waals surface area contributed by atoms with Crippen LogP contribution in [0.1, 0.15) is 22.3 Å². The van der Waals surface area contributed by atoms with E-state index in [9.17, 15) is 0 Å². The zero-order valence-electron chi connectivity index (χ0n) is 60.1. The maximum atomic E-state index is 2.63. The van der Waals surface area contributed by atoms with Crippen LogP contribution in [0.25, 0.3) is 22.3 Å². The summed E-state index contributed by atoms with van der Waals surface area (Å²) in [6.07, 6.45) is 0. The van der Waals surface area contributed by atoms with Crippen molar-refractivity contribution < 1.29 is 0 Å². The summed E-state index contributed by atoms with van der Waals surface area (Å²) in [5.41, 5.74) is 22.4. The van der Waals surface area contributed by atoms with Crippen LogP contribution in [0.4, 0.5) is 51.2 Å². The Morgan fingerprint density at radius 2 is 0.495 bits per heavy atom. The van der Waals surface area contributed by atoms with Gasteiger partial charge in [0.25, 0.3) is 6.71 Å². The fraction of sp³-hybridized carbons (Fsp3) is 0.00971. The lowest BCUT2D eigenvalue weighted by Crippen LogP contribution is -2.74. The van der Waals surface area contributed by atoms with Crippen LogP contribution in [0.15, 0.2) is 449 Å². The molecular weight excluding hydrogens is 1350 g/mol. The largest absolute Gasteiger partial charge is 0.311 e. The van der Waals surface area contributed by atoms with Crippen molar-refractivity contribution in [1.82, 2.24) is 0 Å². The molecule has 0 aliphatic carbocycles. The second-order valence-corrected chi connectivity index (χ2v) is 36.5. The van der Waals surface area contributed by atoms with Gasteiger partial charge in [-0.05, 0) is 163 Å². The molecule has 0 unspecified atom stereocenters. The summed E-state index contributed by atoms with van der Waals surface area (Å²) in [7, 11) is -5.93. The number of anilines is 9. The lowest BCUT2D eigenvalue weighted by Gasteiger charge is -2.48. The van der Waals surface area contributed by atoms with Gasteiger partial charge >= 0.3 is 0 Å². The van der Waals surface area contributed by atoms with Gasteiger partial charge in [0, 0.05) is 34.1 Å². The standard InChI is InChI=1S/C103H74BN3Si2/c1-11-35-75(36-12-1)77-60-70-98-95(71-77)104-94-69-59-78(76-37-13-2-14-38-76)72-99(94)106(82-63-67-91(68-64-82)109(87-49-25-8-26-50-87,88-51-27-9-28-52-88)89-53-29-10-30-54-89)101-74-83(107-96-57-33-31-55-92(96)103(79-39-15-3-16-40-79,80-41-17-4-18-42-80)93-56-32-34-58-97(93)107)73-100(102(101)104)105(98)81-61-65-90(66-62-81)108(84-43-19-5-20-44-84,85-45-21-6-22-46-85)86-47-23-7-24-48-86/h1-74H. The SMILES string of the molecule is c1ccc(-c2ccc3c(c2)B2c4ccc(-c5ccccc5)cc4N(c4ccc([Si](c5ccccc5)(c5ccccc5)c5ccccc5)cc4)c4cc(N5c6ccccc6C(c6ccccc6)(c6ccccc6)c6ccccc65)cc(c42)N3c2ccc([Si](c3ccccc3)(c3ccccc3)c3ccccc3)cc2)cc1. The normalized spacial score (nSPS) is 13.1. The molecule has 109 heavy (non-hydrogen) atoms. The monoisotopic (exact) mass is 1420 g/mol. The molecule has 6 heteroatoms. The molecule has 3 aliphatic heterocycles. The highest BCUT2D eigenvalue weighted by Gasteiger charge is 2.50. The van der Waals surface area contributed by atoms with Crippen molar-refractivity contribution in [2.45, 2.75) is 5.41 Å². The molecule has 0 spiro atoms. The van der Waals surface area contributed by atoms with Crippen molar-refractivity contribution >= 4 is 132 Å². The smallest absolute Gasteiger partial charge is 0.252 e. The van der Waals surface area contributed by atoms with Gasteiger partial charge in [0.05, 0.1) is 22.5 Å². The first kappa shape index (κ1) is 65.2. The van der Waals surface area contributed by atoms with Crippen molar-refractivity contribution in [3.8, 4) is 22.3 Å². The number of rotatable bonds is 15.